The maximum absolute atomic E-state index is 3.46. The fraction of sp³-hybridized carbons (Fsp3) is 0.500. The Morgan fingerprint density at radius 2 is 1.93 bits per heavy atom. The van der Waals surface area contributed by atoms with Gasteiger partial charge in [0.15, 0.2) is 0 Å². The van der Waals surface area contributed by atoms with Gasteiger partial charge in [-0.3, -0.25) is 4.90 Å². The van der Waals surface area contributed by atoms with Crippen molar-refractivity contribution in [2.45, 2.75) is 13.0 Å². The van der Waals surface area contributed by atoms with Gasteiger partial charge in [-0.15, -0.1) is 0 Å². The van der Waals surface area contributed by atoms with Crippen molar-refractivity contribution in [1.29, 1.82) is 0 Å². The van der Waals surface area contributed by atoms with E-state index in [1.165, 1.54) is 18.5 Å². The molecule has 1 fully saturated rings. The lowest BCUT2D eigenvalue weighted by atomic mass is 10.2. The minimum Gasteiger partial charge on any atom is -0.315 e. The Morgan fingerprint density at radius 3 is 2.73 bits per heavy atom. The highest BCUT2D eigenvalue weighted by molar-refractivity contribution is 9.10. The van der Waals surface area contributed by atoms with Gasteiger partial charge < -0.3 is 5.32 Å². The van der Waals surface area contributed by atoms with Gasteiger partial charge in [0.05, 0.1) is 0 Å². The molecule has 0 unspecified atom stereocenters. The first-order chi connectivity index (χ1) is 7.34. The molecule has 0 atom stereocenters. The van der Waals surface area contributed by atoms with Gasteiger partial charge in [-0.25, -0.2) is 0 Å². The lowest BCUT2D eigenvalue weighted by Gasteiger charge is -2.19. The Balaban J connectivity index is 1.92. The van der Waals surface area contributed by atoms with Gasteiger partial charge in [0.2, 0.25) is 0 Å². The molecule has 0 aromatic heterocycles. The highest BCUT2D eigenvalue weighted by Gasteiger charge is 2.08. The smallest absolute Gasteiger partial charge is 0.0234 e. The quantitative estimate of drug-likeness (QED) is 0.885. The fourth-order valence-electron chi connectivity index (χ4n) is 1.91. The first kappa shape index (κ1) is 11.1. The minimum absolute atomic E-state index is 1.08. The number of hydrogen-bond donors (Lipinski definition) is 1. The molecule has 3 heteroatoms. The lowest BCUT2D eigenvalue weighted by molar-refractivity contribution is 0.284. The standard InChI is InChI=1S/C12H17BrN2/c13-12-4-2-11(3-5-12)10-15-8-1-6-14-7-9-15/h2-5,14H,1,6-10H2. The summed E-state index contributed by atoms with van der Waals surface area (Å²) in [5.41, 5.74) is 1.40. The molecule has 0 radical (unpaired) electrons. The Kier molecular flexibility index (Phi) is 4.18. The van der Waals surface area contributed by atoms with E-state index in [0.29, 0.717) is 0 Å². The molecule has 0 spiro atoms. The first-order valence-corrected chi connectivity index (χ1v) is 6.31. The largest absolute Gasteiger partial charge is 0.315 e. The van der Waals surface area contributed by atoms with Crippen LogP contribution in [-0.2, 0) is 6.54 Å². The van der Waals surface area contributed by atoms with Crippen LogP contribution in [0.4, 0.5) is 0 Å². The third-order valence-electron chi connectivity index (χ3n) is 2.75. The second-order valence-electron chi connectivity index (χ2n) is 4.01. The van der Waals surface area contributed by atoms with E-state index >= 15 is 0 Å². The Morgan fingerprint density at radius 1 is 1.13 bits per heavy atom. The summed E-state index contributed by atoms with van der Waals surface area (Å²) < 4.78 is 1.16. The molecule has 1 heterocycles. The number of nitrogens with zero attached hydrogens (tertiary/aromatic N) is 1. The van der Waals surface area contributed by atoms with Crippen molar-refractivity contribution in [3.05, 3.63) is 34.3 Å². The lowest BCUT2D eigenvalue weighted by Crippen LogP contribution is -2.27. The van der Waals surface area contributed by atoms with Crippen molar-refractivity contribution >= 4 is 15.9 Å². The van der Waals surface area contributed by atoms with Gasteiger partial charge in [0, 0.05) is 24.1 Å². The third-order valence-corrected chi connectivity index (χ3v) is 3.28. The van der Waals surface area contributed by atoms with Gasteiger partial charge in [-0.2, -0.15) is 0 Å². The van der Waals surface area contributed by atoms with E-state index in [-0.39, 0.29) is 0 Å². The zero-order valence-electron chi connectivity index (χ0n) is 8.88. The van der Waals surface area contributed by atoms with Gasteiger partial charge in [0.25, 0.3) is 0 Å². The summed E-state index contributed by atoms with van der Waals surface area (Å²) in [6.45, 7) is 5.74. The van der Waals surface area contributed by atoms with Gasteiger partial charge >= 0.3 is 0 Å². The zero-order chi connectivity index (χ0) is 10.5. The van der Waals surface area contributed by atoms with Crippen LogP contribution in [0.25, 0.3) is 0 Å². The highest BCUT2D eigenvalue weighted by Crippen LogP contribution is 2.12. The Bertz CT molecular complexity index is 289. The van der Waals surface area contributed by atoms with Gasteiger partial charge in [-0.05, 0) is 37.2 Å². The molecule has 0 saturated carbocycles. The minimum atomic E-state index is 1.08. The van der Waals surface area contributed by atoms with Crippen molar-refractivity contribution in [3.8, 4) is 0 Å². The second kappa shape index (κ2) is 5.64. The summed E-state index contributed by atoms with van der Waals surface area (Å²) in [7, 11) is 0. The van der Waals surface area contributed by atoms with Crippen LogP contribution in [0.15, 0.2) is 28.7 Å². The molecule has 2 rings (SSSR count). The topological polar surface area (TPSA) is 15.3 Å². The SMILES string of the molecule is Brc1ccc(CN2CCCNCC2)cc1. The predicted octanol–water partition coefficient (Wildman–Crippen LogP) is 2.24. The van der Waals surface area contributed by atoms with Crippen molar-refractivity contribution in [2.75, 3.05) is 26.2 Å². The van der Waals surface area contributed by atoms with Crippen LogP contribution in [0.3, 0.4) is 0 Å². The van der Waals surface area contributed by atoms with E-state index in [4.69, 9.17) is 0 Å². The second-order valence-corrected chi connectivity index (χ2v) is 4.92. The molecule has 0 aliphatic carbocycles. The van der Waals surface area contributed by atoms with Crippen molar-refractivity contribution in [1.82, 2.24) is 10.2 Å². The number of nitrogens with one attached hydrogen (secondary N) is 1. The molecule has 82 valence electrons. The van der Waals surface area contributed by atoms with Crippen LogP contribution >= 0.6 is 15.9 Å². The van der Waals surface area contributed by atoms with Crippen LogP contribution in [0.1, 0.15) is 12.0 Å². The maximum atomic E-state index is 3.46. The average molecular weight is 269 g/mol. The predicted molar refractivity (Wildman–Crippen MR) is 66.9 cm³/mol. The van der Waals surface area contributed by atoms with Crippen molar-refractivity contribution in [2.24, 2.45) is 0 Å². The van der Waals surface area contributed by atoms with E-state index < -0.39 is 0 Å². The maximum Gasteiger partial charge on any atom is 0.0234 e. The molecule has 1 aliphatic heterocycles. The van der Waals surface area contributed by atoms with Crippen LogP contribution < -0.4 is 5.32 Å². The molecule has 1 saturated heterocycles. The molecule has 0 amide bonds. The van der Waals surface area contributed by atoms with E-state index in [1.54, 1.807) is 0 Å². The summed E-state index contributed by atoms with van der Waals surface area (Å²) in [5.74, 6) is 0. The molecular formula is C12H17BrN2. The van der Waals surface area contributed by atoms with E-state index in [2.05, 4.69) is 50.4 Å². The molecule has 2 nitrogen and oxygen atoms in total. The molecule has 0 bridgehead atoms. The summed E-state index contributed by atoms with van der Waals surface area (Å²) in [6.07, 6.45) is 1.26. The molecule has 15 heavy (non-hydrogen) atoms. The van der Waals surface area contributed by atoms with Gasteiger partial charge in [-0.1, -0.05) is 28.1 Å². The molecular weight excluding hydrogens is 252 g/mol. The van der Waals surface area contributed by atoms with Gasteiger partial charge in [0.1, 0.15) is 0 Å². The molecule has 1 aromatic rings. The van der Waals surface area contributed by atoms with Crippen LogP contribution in [0, 0.1) is 0 Å². The van der Waals surface area contributed by atoms with E-state index in [0.717, 1.165) is 30.7 Å². The van der Waals surface area contributed by atoms with Crippen LogP contribution in [-0.4, -0.2) is 31.1 Å². The summed E-state index contributed by atoms with van der Waals surface area (Å²) in [4.78, 5) is 2.52. The number of hydrogen-bond acceptors (Lipinski definition) is 2. The summed E-state index contributed by atoms with van der Waals surface area (Å²) in [6, 6.07) is 8.63. The zero-order valence-corrected chi connectivity index (χ0v) is 10.5. The monoisotopic (exact) mass is 268 g/mol. The highest BCUT2D eigenvalue weighted by atomic mass is 79.9. The molecule has 1 N–H and O–H groups in total. The third kappa shape index (κ3) is 3.59. The van der Waals surface area contributed by atoms with Crippen LogP contribution in [0.5, 0.6) is 0 Å². The van der Waals surface area contributed by atoms with Crippen molar-refractivity contribution in [3.63, 3.8) is 0 Å². The normalized spacial score (nSPS) is 18.7. The number of benzene rings is 1. The first-order valence-electron chi connectivity index (χ1n) is 5.52. The molecule has 1 aliphatic rings. The Labute approximate surface area is 99.8 Å². The summed E-state index contributed by atoms with van der Waals surface area (Å²) >= 11 is 3.46. The van der Waals surface area contributed by atoms with Crippen molar-refractivity contribution < 1.29 is 0 Å². The Hall–Kier alpha value is -0.380. The van der Waals surface area contributed by atoms with Crippen LogP contribution in [0.2, 0.25) is 0 Å². The number of halogens is 1. The van der Waals surface area contributed by atoms with E-state index in [9.17, 15) is 0 Å². The average Bonchev–Trinajstić information content (AvgIpc) is 2.50. The summed E-state index contributed by atoms with van der Waals surface area (Å²) in [5, 5.41) is 3.42. The molecule has 1 aromatic carbocycles. The number of rotatable bonds is 2. The van der Waals surface area contributed by atoms with E-state index in [1.807, 2.05) is 0 Å². The fourth-order valence-corrected chi connectivity index (χ4v) is 2.17.